The highest BCUT2D eigenvalue weighted by Gasteiger charge is 2.13. The van der Waals surface area contributed by atoms with Gasteiger partial charge in [0, 0.05) is 10.9 Å². The Morgan fingerprint density at radius 2 is 2.06 bits per heavy atom. The maximum Gasteiger partial charge on any atom is 0.0386 e. The fourth-order valence-corrected chi connectivity index (χ4v) is 3.31. The molecule has 2 rings (SSSR count). The van der Waals surface area contributed by atoms with E-state index in [4.69, 9.17) is 0 Å². The highest BCUT2D eigenvalue weighted by molar-refractivity contribution is 7.10. The zero-order valence-electron chi connectivity index (χ0n) is 10.2. The monoisotopic (exact) mass is 237 g/mol. The first-order chi connectivity index (χ1) is 7.86. The summed E-state index contributed by atoms with van der Waals surface area (Å²) in [6, 6.07) is 4.91. The average Bonchev–Trinajstić information content (AvgIpc) is 2.71. The maximum absolute atomic E-state index is 3.69. The molecule has 1 N–H and O–H groups in total. The predicted octanol–water partition coefficient (Wildman–Crippen LogP) is 4.37. The fourth-order valence-electron chi connectivity index (χ4n) is 2.55. The first kappa shape index (κ1) is 12.1. The Morgan fingerprint density at radius 1 is 1.31 bits per heavy atom. The van der Waals surface area contributed by atoms with Crippen molar-refractivity contribution in [2.75, 3.05) is 6.54 Å². The Hall–Kier alpha value is -0.340. The van der Waals surface area contributed by atoms with Crippen molar-refractivity contribution in [3.05, 3.63) is 22.4 Å². The van der Waals surface area contributed by atoms with E-state index in [0.29, 0.717) is 6.04 Å². The molecule has 16 heavy (non-hydrogen) atoms. The van der Waals surface area contributed by atoms with Crippen LogP contribution in [0.25, 0.3) is 0 Å². The van der Waals surface area contributed by atoms with Gasteiger partial charge in [-0.2, -0.15) is 0 Å². The Balaban J connectivity index is 1.73. The lowest BCUT2D eigenvalue weighted by Gasteiger charge is -2.18. The molecule has 0 aliphatic heterocycles. The second-order valence-corrected chi connectivity index (χ2v) is 5.98. The minimum atomic E-state index is 0.531. The Bertz CT molecular complexity index is 273. The molecular formula is C14H23NS. The third kappa shape index (κ3) is 3.60. The third-order valence-corrected chi connectivity index (χ3v) is 4.71. The molecule has 2 heteroatoms. The second-order valence-electron chi connectivity index (χ2n) is 5.00. The van der Waals surface area contributed by atoms with Gasteiger partial charge in [-0.05, 0) is 43.7 Å². The predicted molar refractivity (Wildman–Crippen MR) is 71.9 cm³/mol. The minimum absolute atomic E-state index is 0.531. The summed E-state index contributed by atoms with van der Waals surface area (Å²) in [5, 5.41) is 5.86. The van der Waals surface area contributed by atoms with E-state index in [1.807, 2.05) is 11.3 Å². The van der Waals surface area contributed by atoms with Crippen molar-refractivity contribution >= 4 is 11.3 Å². The topological polar surface area (TPSA) is 12.0 Å². The summed E-state index contributed by atoms with van der Waals surface area (Å²) in [7, 11) is 0. The maximum atomic E-state index is 3.69. The Morgan fingerprint density at radius 3 is 2.69 bits per heavy atom. The van der Waals surface area contributed by atoms with Crippen LogP contribution >= 0.6 is 11.3 Å². The molecule has 1 aromatic heterocycles. The fraction of sp³-hybridized carbons (Fsp3) is 0.714. The van der Waals surface area contributed by atoms with Gasteiger partial charge in [0.25, 0.3) is 0 Å². The summed E-state index contributed by atoms with van der Waals surface area (Å²) in [6.07, 6.45) is 8.67. The van der Waals surface area contributed by atoms with Crippen LogP contribution in [-0.2, 0) is 0 Å². The lowest BCUT2D eigenvalue weighted by atomic mass is 10.00. The second kappa shape index (κ2) is 6.41. The zero-order valence-corrected chi connectivity index (χ0v) is 11.1. The molecule has 0 radical (unpaired) electrons. The van der Waals surface area contributed by atoms with Crippen molar-refractivity contribution in [3.63, 3.8) is 0 Å². The summed E-state index contributed by atoms with van der Waals surface area (Å²) in [5.74, 6) is 0.921. The highest BCUT2D eigenvalue weighted by atomic mass is 32.1. The summed E-state index contributed by atoms with van der Waals surface area (Å²) in [6.45, 7) is 3.49. The molecule has 1 saturated carbocycles. The lowest BCUT2D eigenvalue weighted by Crippen LogP contribution is -2.25. The molecule has 1 aliphatic rings. The van der Waals surface area contributed by atoms with Crippen LogP contribution in [0.3, 0.4) is 0 Å². The molecule has 1 atom stereocenters. The van der Waals surface area contributed by atoms with Gasteiger partial charge in [-0.1, -0.05) is 31.7 Å². The van der Waals surface area contributed by atoms with E-state index < -0.39 is 0 Å². The van der Waals surface area contributed by atoms with Crippen molar-refractivity contribution in [1.29, 1.82) is 0 Å². The van der Waals surface area contributed by atoms with Gasteiger partial charge in [-0.3, -0.25) is 0 Å². The number of hydrogen-bond acceptors (Lipinski definition) is 2. The van der Waals surface area contributed by atoms with E-state index in [1.54, 1.807) is 0 Å². The van der Waals surface area contributed by atoms with Gasteiger partial charge < -0.3 is 5.32 Å². The molecule has 1 fully saturated rings. The number of hydrogen-bond donors (Lipinski definition) is 1. The molecule has 0 saturated heterocycles. The van der Waals surface area contributed by atoms with E-state index in [-0.39, 0.29) is 0 Å². The zero-order chi connectivity index (χ0) is 11.2. The third-order valence-electron chi connectivity index (χ3n) is 3.66. The van der Waals surface area contributed by atoms with Crippen LogP contribution in [0.4, 0.5) is 0 Å². The molecule has 0 spiro atoms. The summed E-state index contributed by atoms with van der Waals surface area (Å²) in [5.41, 5.74) is 0. The first-order valence-corrected chi connectivity index (χ1v) is 7.51. The molecule has 0 bridgehead atoms. The van der Waals surface area contributed by atoms with Crippen molar-refractivity contribution in [1.82, 2.24) is 5.32 Å². The van der Waals surface area contributed by atoms with Crippen LogP contribution in [0.2, 0.25) is 0 Å². The molecule has 90 valence electrons. The summed E-state index contributed by atoms with van der Waals surface area (Å²) in [4.78, 5) is 1.47. The summed E-state index contributed by atoms with van der Waals surface area (Å²) >= 11 is 1.86. The Kier molecular flexibility index (Phi) is 4.86. The number of rotatable bonds is 4. The van der Waals surface area contributed by atoms with Gasteiger partial charge in [0.05, 0.1) is 0 Å². The largest absolute Gasteiger partial charge is 0.309 e. The van der Waals surface area contributed by atoms with E-state index in [2.05, 4.69) is 29.8 Å². The minimum Gasteiger partial charge on any atom is -0.309 e. The molecule has 0 amide bonds. The van der Waals surface area contributed by atoms with Crippen LogP contribution in [0.1, 0.15) is 56.4 Å². The average molecular weight is 237 g/mol. The smallest absolute Gasteiger partial charge is 0.0386 e. The van der Waals surface area contributed by atoms with E-state index in [9.17, 15) is 0 Å². The SMILES string of the molecule is C[C@@H](NCC1CCCCCC1)c1cccs1. The number of thiophene rings is 1. The van der Waals surface area contributed by atoms with E-state index >= 15 is 0 Å². The highest BCUT2D eigenvalue weighted by Crippen LogP contribution is 2.24. The van der Waals surface area contributed by atoms with E-state index in [0.717, 1.165) is 5.92 Å². The Labute approximate surface area is 103 Å². The van der Waals surface area contributed by atoms with Crippen LogP contribution in [0.5, 0.6) is 0 Å². The van der Waals surface area contributed by atoms with Crippen LogP contribution < -0.4 is 5.32 Å². The quantitative estimate of drug-likeness (QED) is 0.767. The molecule has 0 aromatic carbocycles. The van der Waals surface area contributed by atoms with Gasteiger partial charge in [0.2, 0.25) is 0 Å². The van der Waals surface area contributed by atoms with Crippen molar-refractivity contribution in [3.8, 4) is 0 Å². The van der Waals surface area contributed by atoms with Crippen LogP contribution in [0, 0.1) is 5.92 Å². The molecule has 0 unspecified atom stereocenters. The van der Waals surface area contributed by atoms with Gasteiger partial charge in [0.1, 0.15) is 0 Å². The van der Waals surface area contributed by atoms with Gasteiger partial charge in [-0.15, -0.1) is 11.3 Å². The molecule has 1 aromatic rings. The van der Waals surface area contributed by atoms with Crippen LogP contribution in [-0.4, -0.2) is 6.54 Å². The van der Waals surface area contributed by atoms with Gasteiger partial charge >= 0.3 is 0 Å². The van der Waals surface area contributed by atoms with Crippen LogP contribution in [0.15, 0.2) is 17.5 Å². The molecule has 1 aliphatic carbocycles. The first-order valence-electron chi connectivity index (χ1n) is 6.63. The van der Waals surface area contributed by atoms with Crippen molar-refractivity contribution in [2.45, 2.75) is 51.5 Å². The van der Waals surface area contributed by atoms with Crippen molar-refractivity contribution in [2.24, 2.45) is 5.92 Å². The molecule has 1 heterocycles. The summed E-state index contributed by atoms with van der Waals surface area (Å²) < 4.78 is 0. The lowest BCUT2D eigenvalue weighted by molar-refractivity contribution is 0.404. The van der Waals surface area contributed by atoms with E-state index in [1.165, 1.54) is 49.9 Å². The molecule has 1 nitrogen and oxygen atoms in total. The standard InChI is InChI=1S/C14H23NS/c1-12(14-9-6-10-16-14)15-11-13-7-4-2-3-5-8-13/h6,9-10,12-13,15H,2-5,7-8,11H2,1H3/t12-/m1/s1. The van der Waals surface area contributed by atoms with Crippen molar-refractivity contribution < 1.29 is 0 Å². The molecular weight excluding hydrogens is 214 g/mol. The number of nitrogens with one attached hydrogen (secondary N) is 1. The normalized spacial score (nSPS) is 20.6. The van der Waals surface area contributed by atoms with Gasteiger partial charge in [-0.25, -0.2) is 0 Å². The van der Waals surface area contributed by atoms with Gasteiger partial charge in [0.15, 0.2) is 0 Å².